The third kappa shape index (κ3) is 3.96. The van der Waals surface area contributed by atoms with E-state index in [0.29, 0.717) is 21.4 Å². The Bertz CT molecular complexity index is 1380. The predicted molar refractivity (Wildman–Crippen MR) is 112 cm³/mol. The topological polar surface area (TPSA) is 73.6 Å². The summed E-state index contributed by atoms with van der Waals surface area (Å²) in [5.41, 5.74) is 0.642. The molecule has 0 unspecified atom stereocenters. The second-order valence-electron chi connectivity index (χ2n) is 6.16. The van der Waals surface area contributed by atoms with Crippen molar-refractivity contribution in [3.8, 4) is 5.75 Å². The van der Waals surface area contributed by atoms with E-state index in [2.05, 4.69) is 26.0 Å². The normalized spacial score (nSPS) is 11.9. The van der Waals surface area contributed by atoms with Gasteiger partial charge in [0.2, 0.25) is 4.96 Å². The number of rotatable bonds is 4. The molecule has 0 atom stereocenters. The zero-order valence-electron chi connectivity index (χ0n) is 15.1. The molecule has 0 spiro atoms. The van der Waals surface area contributed by atoms with Crippen molar-refractivity contribution in [1.82, 2.24) is 14.6 Å². The van der Waals surface area contributed by atoms with Gasteiger partial charge in [0.15, 0.2) is 0 Å². The molecule has 0 aliphatic heterocycles. The second-order valence-corrected chi connectivity index (χ2v) is 8.09. The van der Waals surface area contributed by atoms with Crippen LogP contribution in [-0.4, -0.2) is 21.7 Å². The first kappa shape index (κ1) is 19.4. The molecule has 0 N–H and O–H groups in total. The summed E-state index contributed by atoms with van der Waals surface area (Å²) < 4.78 is 20.8. The van der Waals surface area contributed by atoms with Crippen LogP contribution in [0.15, 0.2) is 56.5 Å². The minimum Gasteiger partial charge on any atom is -0.496 e. The van der Waals surface area contributed by atoms with Gasteiger partial charge in [-0.15, -0.1) is 0 Å². The summed E-state index contributed by atoms with van der Waals surface area (Å²) in [6, 6.07) is 11.2. The van der Waals surface area contributed by atoms with Gasteiger partial charge in [0, 0.05) is 16.5 Å². The highest BCUT2D eigenvalue weighted by Crippen LogP contribution is 2.23. The van der Waals surface area contributed by atoms with Gasteiger partial charge in [-0.3, -0.25) is 9.59 Å². The molecule has 0 radical (unpaired) electrons. The molecule has 0 saturated heterocycles. The molecule has 2 aromatic heterocycles. The summed E-state index contributed by atoms with van der Waals surface area (Å²) in [6.07, 6.45) is 1.83. The molecule has 9 heteroatoms. The fraction of sp³-hybridized carbons (Fsp3) is 0.100. The van der Waals surface area contributed by atoms with Crippen molar-refractivity contribution in [2.24, 2.45) is 0 Å². The first-order valence-corrected chi connectivity index (χ1v) is 10.1. The van der Waals surface area contributed by atoms with Crippen LogP contribution in [-0.2, 0) is 6.42 Å². The van der Waals surface area contributed by atoms with Gasteiger partial charge in [-0.1, -0.05) is 39.4 Å². The number of fused-ring (bicyclic) bond motifs is 1. The molecule has 6 nitrogen and oxygen atoms in total. The van der Waals surface area contributed by atoms with Crippen molar-refractivity contribution in [2.45, 2.75) is 6.42 Å². The minimum atomic E-state index is -0.512. The maximum Gasteiger partial charge on any atom is 0.296 e. The molecule has 4 aromatic rings. The largest absolute Gasteiger partial charge is 0.496 e. The average Bonchev–Trinajstić information content (AvgIpc) is 2.99. The predicted octanol–water partition coefficient (Wildman–Crippen LogP) is 2.56. The van der Waals surface area contributed by atoms with E-state index in [9.17, 15) is 14.0 Å². The van der Waals surface area contributed by atoms with E-state index in [0.717, 1.165) is 20.3 Å². The lowest BCUT2D eigenvalue weighted by molar-refractivity contribution is 0.413. The van der Waals surface area contributed by atoms with Crippen LogP contribution in [0.4, 0.5) is 4.39 Å². The standard InChI is InChI=1S/C20H13BrFN3O3S/c1-28-16-7-4-13(21)9-12(16)10-17-19(27)25-20(29-17)23-18(26)15(24-25)8-11-2-5-14(22)6-3-11/h2-7,9-10H,8H2,1H3. The number of thiazole rings is 1. The van der Waals surface area contributed by atoms with Crippen LogP contribution in [0.1, 0.15) is 16.8 Å². The van der Waals surface area contributed by atoms with E-state index < -0.39 is 5.56 Å². The van der Waals surface area contributed by atoms with Gasteiger partial charge in [-0.05, 0) is 42.0 Å². The van der Waals surface area contributed by atoms with Gasteiger partial charge in [-0.2, -0.15) is 14.6 Å². The van der Waals surface area contributed by atoms with Gasteiger partial charge in [0.05, 0.1) is 11.6 Å². The lowest BCUT2D eigenvalue weighted by Crippen LogP contribution is -2.28. The molecular formula is C20H13BrFN3O3S. The number of nitrogens with zero attached hydrogens (tertiary/aromatic N) is 3. The summed E-state index contributed by atoms with van der Waals surface area (Å²) in [4.78, 5) is 29.4. The van der Waals surface area contributed by atoms with Gasteiger partial charge in [0.1, 0.15) is 17.3 Å². The number of ether oxygens (including phenoxy) is 1. The third-order valence-electron chi connectivity index (χ3n) is 4.21. The number of methoxy groups -OCH3 is 1. The molecule has 0 amide bonds. The van der Waals surface area contributed by atoms with Gasteiger partial charge in [-0.25, -0.2) is 4.39 Å². The molecule has 0 bridgehead atoms. The van der Waals surface area contributed by atoms with Crippen molar-refractivity contribution in [2.75, 3.05) is 7.11 Å². The van der Waals surface area contributed by atoms with Crippen LogP contribution >= 0.6 is 27.3 Å². The summed E-state index contributed by atoms with van der Waals surface area (Å²) in [6.45, 7) is 0. The van der Waals surface area contributed by atoms with Crippen molar-refractivity contribution >= 4 is 38.3 Å². The Morgan fingerprint density at radius 2 is 1.97 bits per heavy atom. The molecule has 0 aliphatic carbocycles. The number of halogens is 2. The SMILES string of the molecule is COc1ccc(Br)cc1C=c1sc2nc(=O)c(Cc3ccc(F)cc3)nn2c1=O. The average molecular weight is 474 g/mol. The highest BCUT2D eigenvalue weighted by molar-refractivity contribution is 9.10. The van der Waals surface area contributed by atoms with Crippen molar-refractivity contribution in [3.05, 3.63) is 94.8 Å². The van der Waals surface area contributed by atoms with E-state index in [1.807, 2.05) is 12.1 Å². The Balaban J connectivity index is 1.82. The zero-order valence-corrected chi connectivity index (χ0v) is 17.5. The van der Waals surface area contributed by atoms with Crippen molar-refractivity contribution in [1.29, 1.82) is 0 Å². The lowest BCUT2D eigenvalue weighted by Gasteiger charge is -2.04. The number of hydrogen-bond donors (Lipinski definition) is 0. The Morgan fingerprint density at radius 1 is 1.21 bits per heavy atom. The molecular weight excluding hydrogens is 461 g/mol. The first-order valence-electron chi connectivity index (χ1n) is 8.47. The van der Waals surface area contributed by atoms with Crippen LogP contribution < -0.4 is 20.4 Å². The van der Waals surface area contributed by atoms with E-state index >= 15 is 0 Å². The summed E-state index contributed by atoms with van der Waals surface area (Å²) in [5, 5.41) is 4.20. The monoisotopic (exact) mass is 473 g/mol. The maximum atomic E-state index is 13.1. The highest BCUT2D eigenvalue weighted by Gasteiger charge is 2.12. The van der Waals surface area contributed by atoms with E-state index in [1.54, 1.807) is 31.4 Å². The molecule has 2 heterocycles. The fourth-order valence-electron chi connectivity index (χ4n) is 2.81. The quantitative estimate of drug-likeness (QED) is 0.455. The molecule has 0 fully saturated rings. The molecule has 4 rings (SSSR count). The van der Waals surface area contributed by atoms with Gasteiger partial charge in [0.25, 0.3) is 11.1 Å². The number of aromatic nitrogens is 3. The Labute approximate surface area is 176 Å². The molecule has 0 saturated carbocycles. The molecule has 29 heavy (non-hydrogen) atoms. The molecule has 2 aromatic carbocycles. The summed E-state index contributed by atoms with van der Waals surface area (Å²) in [5.74, 6) is 0.243. The van der Waals surface area contributed by atoms with Crippen molar-refractivity contribution < 1.29 is 9.13 Å². The van der Waals surface area contributed by atoms with Crippen LogP contribution in [0.25, 0.3) is 11.0 Å². The van der Waals surface area contributed by atoms with Crippen LogP contribution in [0.2, 0.25) is 0 Å². The third-order valence-corrected chi connectivity index (χ3v) is 5.67. The van der Waals surface area contributed by atoms with Crippen LogP contribution in [0, 0.1) is 5.82 Å². The van der Waals surface area contributed by atoms with Gasteiger partial charge >= 0.3 is 0 Å². The highest BCUT2D eigenvalue weighted by atomic mass is 79.9. The molecule has 146 valence electrons. The Kier molecular flexibility index (Phi) is 5.25. The molecule has 0 aliphatic rings. The number of hydrogen-bond acceptors (Lipinski definition) is 6. The van der Waals surface area contributed by atoms with Crippen LogP contribution in [0.3, 0.4) is 0 Å². The van der Waals surface area contributed by atoms with E-state index in [1.165, 1.54) is 12.1 Å². The fourth-order valence-corrected chi connectivity index (χ4v) is 4.08. The minimum absolute atomic E-state index is 0.121. The van der Waals surface area contributed by atoms with Crippen molar-refractivity contribution in [3.63, 3.8) is 0 Å². The van der Waals surface area contributed by atoms with E-state index in [4.69, 9.17) is 4.74 Å². The number of benzene rings is 2. The van der Waals surface area contributed by atoms with Crippen LogP contribution in [0.5, 0.6) is 5.75 Å². The maximum absolute atomic E-state index is 13.1. The smallest absolute Gasteiger partial charge is 0.296 e. The summed E-state index contributed by atoms with van der Waals surface area (Å²) in [7, 11) is 1.55. The zero-order chi connectivity index (χ0) is 20.5. The Hall–Kier alpha value is -2.91. The first-order chi connectivity index (χ1) is 13.9. The van der Waals surface area contributed by atoms with E-state index in [-0.39, 0.29) is 28.5 Å². The lowest BCUT2D eigenvalue weighted by atomic mass is 10.1. The second kappa shape index (κ2) is 7.84. The Morgan fingerprint density at radius 3 is 2.69 bits per heavy atom. The van der Waals surface area contributed by atoms with Gasteiger partial charge < -0.3 is 4.74 Å². The summed E-state index contributed by atoms with van der Waals surface area (Å²) >= 11 is 4.48.